The van der Waals surface area contributed by atoms with E-state index in [9.17, 15) is 4.79 Å². The first kappa shape index (κ1) is 14.4. The van der Waals surface area contributed by atoms with E-state index in [1.54, 1.807) is 0 Å². The van der Waals surface area contributed by atoms with Gasteiger partial charge >= 0.3 is 0 Å². The van der Waals surface area contributed by atoms with E-state index in [4.69, 9.17) is 4.74 Å². The first-order valence-electron chi connectivity index (χ1n) is 7.93. The lowest BCUT2D eigenvalue weighted by atomic mass is 10.1. The number of carbonyl (C=O) groups is 1. The Labute approximate surface area is 126 Å². The predicted octanol–water partition coefficient (Wildman–Crippen LogP) is 2.16. The quantitative estimate of drug-likeness (QED) is 0.872. The lowest BCUT2D eigenvalue weighted by molar-refractivity contribution is 0.0782. The molecule has 0 spiro atoms. The Morgan fingerprint density at radius 2 is 2.10 bits per heavy atom. The van der Waals surface area contributed by atoms with Crippen molar-refractivity contribution in [3.8, 4) is 5.75 Å². The number of hydrogen-bond acceptors (Lipinski definition) is 3. The van der Waals surface area contributed by atoms with Crippen molar-refractivity contribution < 1.29 is 9.53 Å². The summed E-state index contributed by atoms with van der Waals surface area (Å²) in [6.45, 7) is 3.41. The van der Waals surface area contributed by atoms with E-state index in [0.29, 0.717) is 17.4 Å². The number of carbonyl (C=O) groups excluding carboxylic acids is 1. The van der Waals surface area contributed by atoms with E-state index < -0.39 is 0 Å². The number of para-hydroxylation sites is 1. The Morgan fingerprint density at radius 1 is 1.29 bits per heavy atom. The van der Waals surface area contributed by atoms with Crippen LogP contribution in [-0.2, 0) is 0 Å². The highest BCUT2D eigenvalue weighted by atomic mass is 16.5. The average Bonchev–Trinajstić information content (AvgIpc) is 3.23. The van der Waals surface area contributed by atoms with Gasteiger partial charge in [-0.15, -0.1) is 0 Å². The smallest absolute Gasteiger partial charge is 0.257 e. The third kappa shape index (κ3) is 3.56. The molecule has 2 aliphatic rings. The molecule has 1 saturated carbocycles. The largest absolute Gasteiger partial charge is 0.492 e. The average molecular weight is 288 g/mol. The van der Waals surface area contributed by atoms with Crippen LogP contribution in [-0.4, -0.2) is 44.1 Å². The lowest BCUT2D eigenvalue weighted by Crippen LogP contribution is -2.30. The van der Waals surface area contributed by atoms with Crippen LogP contribution in [0.2, 0.25) is 0 Å². The van der Waals surface area contributed by atoms with Crippen LogP contribution in [0.25, 0.3) is 0 Å². The SMILES string of the molecule is CNC[C@H]1CCN(C(=O)c2ccccc2OCC2CC2)C1. The summed E-state index contributed by atoms with van der Waals surface area (Å²) < 4.78 is 5.86. The fraction of sp³-hybridized carbons (Fsp3) is 0.588. The summed E-state index contributed by atoms with van der Waals surface area (Å²) >= 11 is 0. The maximum Gasteiger partial charge on any atom is 0.257 e. The molecule has 1 atom stereocenters. The van der Waals surface area contributed by atoms with Crippen LogP contribution in [0, 0.1) is 11.8 Å². The summed E-state index contributed by atoms with van der Waals surface area (Å²) in [5, 5.41) is 3.20. The van der Waals surface area contributed by atoms with E-state index in [1.165, 1.54) is 12.8 Å². The van der Waals surface area contributed by atoms with Crippen LogP contribution >= 0.6 is 0 Å². The van der Waals surface area contributed by atoms with Crippen molar-refractivity contribution in [1.82, 2.24) is 10.2 Å². The maximum atomic E-state index is 12.7. The molecular weight excluding hydrogens is 264 g/mol. The highest BCUT2D eigenvalue weighted by molar-refractivity contribution is 5.97. The molecule has 21 heavy (non-hydrogen) atoms. The third-order valence-corrected chi connectivity index (χ3v) is 4.35. The Kier molecular flexibility index (Phi) is 4.44. The van der Waals surface area contributed by atoms with Gasteiger partial charge in [0.15, 0.2) is 0 Å². The van der Waals surface area contributed by atoms with Crippen LogP contribution in [0.1, 0.15) is 29.6 Å². The van der Waals surface area contributed by atoms with E-state index in [2.05, 4.69) is 5.32 Å². The van der Waals surface area contributed by atoms with E-state index >= 15 is 0 Å². The van der Waals surface area contributed by atoms with E-state index in [0.717, 1.165) is 38.4 Å². The molecule has 0 aromatic heterocycles. The molecule has 1 aromatic rings. The van der Waals surface area contributed by atoms with Crippen LogP contribution in [0.5, 0.6) is 5.75 Å². The van der Waals surface area contributed by atoms with Gasteiger partial charge in [0, 0.05) is 13.1 Å². The van der Waals surface area contributed by atoms with Crippen molar-refractivity contribution in [3.05, 3.63) is 29.8 Å². The molecule has 2 fully saturated rings. The molecule has 0 radical (unpaired) electrons. The van der Waals surface area contributed by atoms with Gasteiger partial charge in [-0.1, -0.05) is 12.1 Å². The van der Waals surface area contributed by atoms with Gasteiger partial charge < -0.3 is 15.0 Å². The van der Waals surface area contributed by atoms with Crippen LogP contribution in [0.4, 0.5) is 0 Å². The zero-order valence-corrected chi connectivity index (χ0v) is 12.7. The van der Waals surface area contributed by atoms with Crippen molar-refractivity contribution in [1.29, 1.82) is 0 Å². The van der Waals surface area contributed by atoms with Crippen molar-refractivity contribution in [2.45, 2.75) is 19.3 Å². The van der Waals surface area contributed by atoms with Gasteiger partial charge in [0.2, 0.25) is 0 Å². The minimum Gasteiger partial charge on any atom is -0.492 e. The number of nitrogens with zero attached hydrogens (tertiary/aromatic N) is 1. The van der Waals surface area contributed by atoms with Gasteiger partial charge in [0.1, 0.15) is 5.75 Å². The van der Waals surface area contributed by atoms with Crippen molar-refractivity contribution in [2.24, 2.45) is 11.8 Å². The standard InChI is InChI=1S/C17H24N2O2/c1-18-10-14-8-9-19(11-14)17(20)15-4-2-3-5-16(15)21-12-13-6-7-13/h2-5,13-14,18H,6-12H2,1H3/t14-/m1/s1. The van der Waals surface area contributed by atoms with E-state index in [-0.39, 0.29) is 5.91 Å². The Bertz CT molecular complexity index is 499. The number of benzene rings is 1. The monoisotopic (exact) mass is 288 g/mol. The molecular formula is C17H24N2O2. The molecule has 0 bridgehead atoms. The lowest BCUT2D eigenvalue weighted by Gasteiger charge is -2.18. The zero-order valence-electron chi connectivity index (χ0n) is 12.7. The summed E-state index contributed by atoms with van der Waals surface area (Å²) in [6.07, 6.45) is 3.60. The zero-order chi connectivity index (χ0) is 14.7. The van der Waals surface area contributed by atoms with Crippen LogP contribution in [0.3, 0.4) is 0 Å². The Morgan fingerprint density at radius 3 is 2.86 bits per heavy atom. The van der Waals surface area contributed by atoms with E-state index in [1.807, 2.05) is 36.2 Å². The maximum absolute atomic E-state index is 12.7. The highest BCUT2D eigenvalue weighted by Gasteiger charge is 2.28. The minimum atomic E-state index is 0.111. The van der Waals surface area contributed by atoms with Gasteiger partial charge in [-0.05, 0) is 56.8 Å². The molecule has 1 aromatic carbocycles. The van der Waals surface area contributed by atoms with Gasteiger partial charge in [-0.25, -0.2) is 0 Å². The summed E-state index contributed by atoms with van der Waals surface area (Å²) in [4.78, 5) is 14.7. The second kappa shape index (κ2) is 6.48. The second-order valence-electron chi connectivity index (χ2n) is 6.21. The van der Waals surface area contributed by atoms with Crippen LogP contribution < -0.4 is 10.1 Å². The second-order valence-corrected chi connectivity index (χ2v) is 6.21. The Balaban J connectivity index is 1.66. The third-order valence-electron chi connectivity index (χ3n) is 4.35. The summed E-state index contributed by atoms with van der Waals surface area (Å²) in [5.41, 5.74) is 0.711. The summed E-state index contributed by atoms with van der Waals surface area (Å²) in [5.74, 6) is 2.12. The Hall–Kier alpha value is -1.55. The van der Waals surface area contributed by atoms with Gasteiger partial charge in [-0.2, -0.15) is 0 Å². The fourth-order valence-electron chi connectivity index (χ4n) is 2.90. The fourth-order valence-corrected chi connectivity index (χ4v) is 2.90. The first-order valence-corrected chi connectivity index (χ1v) is 7.93. The molecule has 1 amide bonds. The normalized spacial score (nSPS) is 21.6. The molecule has 4 nitrogen and oxygen atoms in total. The molecule has 1 aliphatic carbocycles. The predicted molar refractivity (Wildman–Crippen MR) is 82.6 cm³/mol. The summed E-state index contributed by atoms with van der Waals surface area (Å²) in [6, 6.07) is 7.65. The molecule has 4 heteroatoms. The van der Waals surface area contributed by atoms with Crippen molar-refractivity contribution >= 4 is 5.91 Å². The van der Waals surface area contributed by atoms with Crippen molar-refractivity contribution in [2.75, 3.05) is 33.3 Å². The molecule has 1 aliphatic heterocycles. The van der Waals surface area contributed by atoms with Crippen LogP contribution in [0.15, 0.2) is 24.3 Å². The van der Waals surface area contributed by atoms with Gasteiger partial charge in [0.05, 0.1) is 12.2 Å². The molecule has 1 N–H and O–H groups in total. The number of hydrogen-bond donors (Lipinski definition) is 1. The van der Waals surface area contributed by atoms with Gasteiger partial charge in [0.25, 0.3) is 5.91 Å². The first-order chi connectivity index (χ1) is 10.3. The molecule has 1 heterocycles. The summed E-state index contributed by atoms with van der Waals surface area (Å²) in [7, 11) is 1.96. The minimum absolute atomic E-state index is 0.111. The number of amides is 1. The number of rotatable bonds is 6. The van der Waals surface area contributed by atoms with Gasteiger partial charge in [-0.3, -0.25) is 4.79 Å². The topological polar surface area (TPSA) is 41.6 Å². The molecule has 1 saturated heterocycles. The number of nitrogens with one attached hydrogen (secondary N) is 1. The molecule has 0 unspecified atom stereocenters. The molecule has 3 rings (SSSR count). The number of likely N-dealkylation sites (tertiary alicyclic amines) is 1. The number of ether oxygens (including phenoxy) is 1. The highest BCUT2D eigenvalue weighted by Crippen LogP contribution is 2.31. The van der Waals surface area contributed by atoms with Crippen molar-refractivity contribution in [3.63, 3.8) is 0 Å². The molecule has 114 valence electrons.